The summed E-state index contributed by atoms with van der Waals surface area (Å²) in [5.74, 6) is -1.06. The van der Waals surface area contributed by atoms with E-state index in [9.17, 15) is 18.0 Å². The van der Waals surface area contributed by atoms with Gasteiger partial charge in [-0.25, -0.2) is 0 Å². The predicted octanol–water partition coefficient (Wildman–Crippen LogP) is 0.545. The first-order valence-electron chi connectivity index (χ1n) is 5.46. The lowest BCUT2D eigenvalue weighted by atomic mass is 9.89. The third-order valence-electron chi connectivity index (χ3n) is 2.71. The molecule has 1 aliphatic carbocycles. The van der Waals surface area contributed by atoms with Crippen LogP contribution in [0.1, 0.15) is 0 Å². The Balaban J connectivity index is 2.28. The Kier molecular flexibility index (Phi) is 3.41. The molecule has 2 unspecified atom stereocenters. The van der Waals surface area contributed by atoms with E-state index in [1.165, 1.54) is 12.4 Å². The number of nitrogens with one attached hydrogen (secondary N) is 1. The predicted molar refractivity (Wildman–Crippen MR) is 63.7 cm³/mol. The molecule has 0 aromatic carbocycles. The van der Waals surface area contributed by atoms with Gasteiger partial charge in [0.05, 0.1) is 23.9 Å². The molecule has 0 bridgehead atoms. The van der Waals surface area contributed by atoms with Gasteiger partial charge in [0, 0.05) is 0 Å². The Morgan fingerprint density at radius 2 is 2.26 bits per heavy atom. The monoisotopic (exact) mass is 272 g/mol. The van der Waals surface area contributed by atoms with Crippen LogP contribution in [0, 0.1) is 5.92 Å². The highest BCUT2D eigenvalue weighted by atomic mass is 19.4. The highest BCUT2D eigenvalue weighted by molar-refractivity contribution is 5.98. The largest absolute Gasteiger partial charge is 0.416 e. The molecule has 19 heavy (non-hydrogen) atoms. The third kappa shape index (κ3) is 3.01. The average molecular weight is 272 g/mol. The number of aliphatic imine (C=N–C) groups is 2. The summed E-state index contributed by atoms with van der Waals surface area (Å²) in [5.41, 5.74) is 4.21. The molecule has 0 aromatic heterocycles. The van der Waals surface area contributed by atoms with E-state index < -0.39 is 29.6 Å². The fraction of sp³-hybridized carbons (Fsp3) is 0.364. The second kappa shape index (κ2) is 4.87. The van der Waals surface area contributed by atoms with Gasteiger partial charge in [0.2, 0.25) is 5.91 Å². The van der Waals surface area contributed by atoms with Crippen molar-refractivity contribution in [3.8, 4) is 0 Å². The van der Waals surface area contributed by atoms with Crippen molar-refractivity contribution >= 4 is 18.1 Å². The Morgan fingerprint density at radius 1 is 1.53 bits per heavy atom. The van der Waals surface area contributed by atoms with E-state index >= 15 is 0 Å². The van der Waals surface area contributed by atoms with Crippen LogP contribution in [0.3, 0.4) is 0 Å². The molecule has 2 aliphatic rings. The Morgan fingerprint density at radius 3 is 2.89 bits per heavy atom. The highest BCUT2D eigenvalue weighted by Crippen LogP contribution is 2.32. The maximum atomic E-state index is 12.6. The van der Waals surface area contributed by atoms with E-state index in [2.05, 4.69) is 15.3 Å². The molecule has 3 N–H and O–H groups in total. The number of alkyl halides is 3. The molecule has 5 nitrogen and oxygen atoms in total. The standard InChI is InChI=1S/C11H11F3N4O/c12-11(13,14)6-1-2-8-7(3-6)10(18-5-17-8)16-4-9(15)19/h1-3,5,7-8H,4H2,(H2,15,19)(H,16,17,18). The number of carbonyl (C=O) groups is 1. The fourth-order valence-corrected chi connectivity index (χ4v) is 1.84. The number of fused-ring (bicyclic) bond motifs is 1. The molecule has 8 heteroatoms. The number of halogens is 3. The lowest BCUT2D eigenvalue weighted by Crippen LogP contribution is -2.41. The molecule has 0 aromatic rings. The zero-order valence-corrected chi connectivity index (χ0v) is 9.69. The second-order valence-corrected chi connectivity index (χ2v) is 4.09. The zero-order chi connectivity index (χ0) is 14.0. The molecule has 0 spiro atoms. The van der Waals surface area contributed by atoms with Crippen molar-refractivity contribution in [3.63, 3.8) is 0 Å². The lowest BCUT2D eigenvalue weighted by molar-refractivity contribution is -0.116. The van der Waals surface area contributed by atoms with Crippen LogP contribution in [0.5, 0.6) is 0 Å². The molecule has 102 valence electrons. The quantitative estimate of drug-likeness (QED) is 0.769. The van der Waals surface area contributed by atoms with Crippen LogP contribution < -0.4 is 11.1 Å². The van der Waals surface area contributed by atoms with Crippen LogP contribution in [-0.4, -0.2) is 36.8 Å². The molecule has 2 rings (SSSR count). The fourth-order valence-electron chi connectivity index (χ4n) is 1.84. The van der Waals surface area contributed by atoms with Gasteiger partial charge in [0.25, 0.3) is 0 Å². The van der Waals surface area contributed by atoms with Crippen molar-refractivity contribution in [2.45, 2.75) is 12.2 Å². The number of nitrogens with two attached hydrogens (primary N) is 1. The summed E-state index contributed by atoms with van der Waals surface area (Å²) in [6.45, 7) is -0.279. The number of amides is 1. The average Bonchev–Trinajstić information content (AvgIpc) is 2.34. The van der Waals surface area contributed by atoms with Crippen LogP contribution in [0.2, 0.25) is 0 Å². The normalized spacial score (nSPS) is 27.7. The van der Waals surface area contributed by atoms with Gasteiger partial charge in [0.1, 0.15) is 12.4 Å². The number of primary amides is 1. The van der Waals surface area contributed by atoms with E-state index in [4.69, 9.17) is 5.73 Å². The summed E-state index contributed by atoms with van der Waals surface area (Å²) in [5, 5.41) is 2.65. The topological polar surface area (TPSA) is 79.8 Å². The SMILES string of the molecule is NC(=O)CN=C1NC=NC2C=CC(C(F)(F)F)=CC12. The minimum absolute atomic E-state index is 0.255. The van der Waals surface area contributed by atoms with Crippen LogP contribution in [0.15, 0.2) is 33.8 Å². The summed E-state index contributed by atoms with van der Waals surface area (Å²) >= 11 is 0. The van der Waals surface area contributed by atoms with Crippen LogP contribution in [0.25, 0.3) is 0 Å². The van der Waals surface area contributed by atoms with Gasteiger partial charge in [-0.05, 0) is 0 Å². The molecule has 0 radical (unpaired) electrons. The summed E-state index contributed by atoms with van der Waals surface area (Å²) < 4.78 is 37.9. The molecule has 0 saturated carbocycles. The van der Waals surface area contributed by atoms with Crippen molar-refractivity contribution in [1.29, 1.82) is 0 Å². The van der Waals surface area contributed by atoms with E-state index in [-0.39, 0.29) is 12.4 Å². The first-order valence-corrected chi connectivity index (χ1v) is 5.46. The van der Waals surface area contributed by atoms with Crippen molar-refractivity contribution < 1.29 is 18.0 Å². The highest BCUT2D eigenvalue weighted by Gasteiger charge is 2.37. The lowest BCUT2D eigenvalue weighted by Gasteiger charge is -2.28. The molecular weight excluding hydrogens is 261 g/mol. The van der Waals surface area contributed by atoms with Gasteiger partial charge in [-0.1, -0.05) is 18.2 Å². The smallest absolute Gasteiger partial charge is 0.368 e. The number of carbonyl (C=O) groups excluding carboxylic acids is 1. The second-order valence-electron chi connectivity index (χ2n) is 4.09. The Hall–Kier alpha value is -2.12. The van der Waals surface area contributed by atoms with Crippen molar-refractivity contribution in [2.24, 2.45) is 21.6 Å². The summed E-state index contributed by atoms with van der Waals surface area (Å²) in [6.07, 6.45) is 0.337. The molecule has 2 atom stereocenters. The van der Waals surface area contributed by atoms with E-state index in [1.807, 2.05) is 0 Å². The molecule has 1 heterocycles. The number of hydrogen-bond acceptors (Lipinski definition) is 3. The molecular formula is C11H11F3N4O. The number of hydrogen-bond donors (Lipinski definition) is 2. The zero-order valence-electron chi connectivity index (χ0n) is 9.69. The van der Waals surface area contributed by atoms with Crippen molar-refractivity contribution in [1.82, 2.24) is 5.32 Å². The maximum absolute atomic E-state index is 12.6. The number of rotatable bonds is 2. The van der Waals surface area contributed by atoms with Gasteiger partial charge in [-0.15, -0.1) is 0 Å². The van der Waals surface area contributed by atoms with Gasteiger partial charge >= 0.3 is 6.18 Å². The summed E-state index contributed by atoms with van der Waals surface area (Å²) in [7, 11) is 0. The Labute approximate surface area is 106 Å². The first kappa shape index (κ1) is 13.3. The van der Waals surface area contributed by atoms with E-state index in [0.29, 0.717) is 0 Å². The number of nitrogens with zero attached hydrogens (tertiary/aromatic N) is 2. The van der Waals surface area contributed by atoms with E-state index in [1.54, 1.807) is 0 Å². The maximum Gasteiger partial charge on any atom is 0.416 e. The molecule has 1 aliphatic heterocycles. The number of allylic oxidation sites excluding steroid dienone is 2. The summed E-state index contributed by atoms with van der Waals surface area (Å²) in [6, 6.07) is -0.445. The minimum atomic E-state index is -4.42. The molecule has 0 fully saturated rings. The van der Waals surface area contributed by atoms with Gasteiger partial charge < -0.3 is 11.1 Å². The third-order valence-corrected chi connectivity index (χ3v) is 2.71. The van der Waals surface area contributed by atoms with Gasteiger partial charge in [-0.2, -0.15) is 13.2 Å². The molecule has 1 amide bonds. The van der Waals surface area contributed by atoms with Crippen LogP contribution >= 0.6 is 0 Å². The van der Waals surface area contributed by atoms with Crippen molar-refractivity contribution in [2.75, 3.05) is 6.54 Å². The van der Waals surface area contributed by atoms with E-state index in [0.717, 1.165) is 12.2 Å². The Bertz CT molecular complexity index is 505. The van der Waals surface area contributed by atoms with Gasteiger partial charge in [0.15, 0.2) is 0 Å². The van der Waals surface area contributed by atoms with Crippen molar-refractivity contribution in [3.05, 3.63) is 23.8 Å². The molecule has 0 saturated heterocycles. The minimum Gasteiger partial charge on any atom is -0.368 e. The van der Waals surface area contributed by atoms with Gasteiger partial charge in [-0.3, -0.25) is 14.8 Å². The first-order chi connectivity index (χ1) is 8.88. The number of amidine groups is 1. The van der Waals surface area contributed by atoms with Crippen LogP contribution in [0.4, 0.5) is 13.2 Å². The van der Waals surface area contributed by atoms with Crippen LogP contribution in [-0.2, 0) is 4.79 Å². The summed E-state index contributed by atoms with van der Waals surface area (Å²) in [4.78, 5) is 18.6.